The molecule has 1 heterocycles. The van der Waals surface area contributed by atoms with E-state index in [2.05, 4.69) is 4.98 Å². The molecule has 0 saturated heterocycles. The van der Waals surface area contributed by atoms with Gasteiger partial charge in [-0.3, -0.25) is 15.1 Å². The monoisotopic (exact) mass is 399 g/mol. The molecule has 1 saturated carbocycles. The van der Waals surface area contributed by atoms with Crippen molar-refractivity contribution in [2.75, 3.05) is 13.2 Å². The van der Waals surface area contributed by atoms with Gasteiger partial charge in [-0.2, -0.15) is 0 Å². The van der Waals surface area contributed by atoms with Crippen LogP contribution < -0.4 is 4.74 Å². The number of pyridine rings is 1. The Labute approximate surface area is 169 Å². The zero-order chi connectivity index (χ0) is 21.2. The molecule has 0 spiro atoms. The van der Waals surface area contributed by atoms with Gasteiger partial charge in [0, 0.05) is 41.4 Å². The number of rotatable bonds is 7. The third kappa shape index (κ3) is 5.01. The van der Waals surface area contributed by atoms with Gasteiger partial charge in [-0.1, -0.05) is 12.1 Å². The molecule has 0 aliphatic heterocycles. The van der Waals surface area contributed by atoms with Crippen LogP contribution in [-0.2, 0) is 0 Å². The van der Waals surface area contributed by atoms with E-state index in [-0.39, 0.29) is 11.1 Å². The molecule has 0 unspecified atom stereocenters. The SMILES string of the molecule is CC(C)(C)N(CC1(COc2cncc(-c3cccc([N+](=O)[O-])c3)c2)CC1)C(=O)O. The second-order valence-electron chi connectivity index (χ2n) is 8.54. The highest BCUT2D eigenvalue weighted by molar-refractivity contribution is 5.67. The number of carbonyl (C=O) groups is 1. The number of nitrogens with zero attached hydrogens (tertiary/aromatic N) is 3. The van der Waals surface area contributed by atoms with Crippen LogP contribution in [0.15, 0.2) is 42.7 Å². The molecule has 1 aromatic carbocycles. The number of non-ortho nitro benzene ring substituents is 1. The van der Waals surface area contributed by atoms with Crippen LogP contribution in [0.3, 0.4) is 0 Å². The molecule has 29 heavy (non-hydrogen) atoms. The number of benzene rings is 1. The first-order valence-corrected chi connectivity index (χ1v) is 9.43. The van der Waals surface area contributed by atoms with Crippen molar-refractivity contribution in [1.29, 1.82) is 0 Å². The molecule has 1 N–H and O–H groups in total. The summed E-state index contributed by atoms with van der Waals surface area (Å²) in [6.07, 6.45) is 4.11. The second-order valence-corrected chi connectivity index (χ2v) is 8.54. The summed E-state index contributed by atoms with van der Waals surface area (Å²) >= 11 is 0. The minimum atomic E-state index is -0.932. The van der Waals surface area contributed by atoms with Crippen LogP contribution in [0.1, 0.15) is 33.6 Å². The normalized spacial score (nSPS) is 14.9. The highest BCUT2D eigenvalue weighted by Gasteiger charge is 2.47. The van der Waals surface area contributed by atoms with Gasteiger partial charge in [-0.25, -0.2) is 4.79 Å². The van der Waals surface area contributed by atoms with Crippen LogP contribution in [-0.4, -0.2) is 44.7 Å². The molecule has 8 heteroatoms. The molecule has 1 aliphatic carbocycles. The van der Waals surface area contributed by atoms with Crippen molar-refractivity contribution >= 4 is 11.8 Å². The van der Waals surface area contributed by atoms with Crippen molar-refractivity contribution in [2.45, 2.75) is 39.2 Å². The maximum atomic E-state index is 11.6. The lowest BCUT2D eigenvalue weighted by molar-refractivity contribution is -0.384. The lowest BCUT2D eigenvalue weighted by atomic mass is 10.0. The van der Waals surface area contributed by atoms with Crippen LogP contribution in [0, 0.1) is 15.5 Å². The van der Waals surface area contributed by atoms with Gasteiger partial charge in [-0.15, -0.1) is 0 Å². The topological polar surface area (TPSA) is 106 Å². The van der Waals surface area contributed by atoms with E-state index in [1.54, 1.807) is 30.6 Å². The largest absolute Gasteiger partial charge is 0.491 e. The minimum absolute atomic E-state index is 0.0155. The molecule has 1 amide bonds. The van der Waals surface area contributed by atoms with Gasteiger partial charge in [-0.05, 0) is 45.2 Å². The Morgan fingerprint density at radius 1 is 1.28 bits per heavy atom. The summed E-state index contributed by atoms with van der Waals surface area (Å²) in [5.74, 6) is 0.554. The molecule has 154 valence electrons. The van der Waals surface area contributed by atoms with E-state index in [1.165, 1.54) is 17.0 Å². The lowest BCUT2D eigenvalue weighted by Crippen LogP contribution is -2.48. The van der Waals surface area contributed by atoms with Crippen LogP contribution in [0.5, 0.6) is 5.75 Å². The number of nitro benzene ring substituents is 1. The number of hydrogen-bond donors (Lipinski definition) is 1. The zero-order valence-corrected chi connectivity index (χ0v) is 16.8. The van der Waals surface area contributed by atoms with Crippen molar-refractivity contribution in [1.82, 2.24) is 9.88 Å². The summed E-state index contributed by atoms with van der Waals surface area (Å²) < 4.78 is 5.95. The van der Waals surface area contributed by atoms with Gasteiger partial charge in [0.2, 0.25) is 0 Å². The van der Waals surface area contributed by atoms with Crippen molar-refractivity contribution in [3.05, 3.63) is 52.8 Å². The standard InChI is InChI=1S/C21H25N3O5/c1-20(2,3)23(19(25)26)13-21(7-8-21)14-29-18-10-16(11-22-12-18)15-5-4-6-17(9-15)24(27)28/h4-6,9-12H,7-8,13-14H2,1-3H3,(H,25,26). The Balaban J connectivity index is 1.70. The van der Waals surface area contributed by atoms with E-state index in [4.69, 9.17) is 4.74 Å². The molecule has 2 aromatic rings. The first-order valence-electron chi connectivity index (χ1n) is 9.43. The molecule has 1 fully saturated rings. The fraction of sp³-hybridized carbons (Fsp3) is 0.429. The minimum Gasteiger partial charge on any atom is -0.491 e. The molecule has 1 aromatic heterocycles. The first kappa shape index (κ1) is 20.6. The summed E-state index contributed by atoms with van der Waals surface area (Å²) in [6, 6.07) is 8.15. The predicted octanol–water partition coefficient (Wildman–Crippen LogP) is 4.59. The fourth-order valence-corrected chi connectivity index (χ4v) is 3.14. The third-order valence-corrected chi connectivity index (χ3v) is 5.14. The molecule has 8 nitrogen and oxygen atoms in total. The highest BCUT2D eigenvalue weighted by Crippen LogP contribution is 2.47. The Bertz CT molecular complexity index is 919. The molecule has 0 radical (unpaired) electrons. The fourth-order valence-electron chi connectivity index (χ4n) is 3.14. The number of carboxylic acid groups (broad SMARTS) is 1. The van der Waals surface area contributed by atoms with Gasteiger partial charge in [0.1, 0.15) is 5.75 Å². The van der Waals surface area contributed by atoms with E-state index in [0.717, 1.165) is 18.4 Å². The Morgan fingerprint density at radius 3 is 2.59 bits per heavy atom. The van der Waals surface area contributed by atoms with Gasteiger partial charge in [0.05, 0.1) is 17.7 Å². The number of amides is 1. The van der Waals surface area contributed by atoms with E-state index in [9.17, 15) is 20.0 Å². The van der Waals surface area contributed by atoms with Gasteiger partial charge in [0.15, 0.2) is 0 Å². The summed E-state index contributed by atoms with van der Waals surface area (Å²) in [5, 5.41) is 20.5. The average molecular weight is 399 g/mol. The van der Waals surface area contributed by atoms with Crippen LogP contribution in [0.25, 0.3) is 11.1 Å². The molecular weight excluding hydrogens is 374 g/mol. The summed E-state index contributed by atoms with van der Waals surface area (Å²) in [7, 11) is 0. The molecule has 0 bridgehead atoms. The summed E-state index contributed by atoms with van der Waals surface area (Å²) in [5.41, 5.74) is 0.751. The van der Waals surface area contributed by atoms with Gasteiger partial charge >= 0.3 is 6.09 Å². The Morgan fingerprint density at radius 2 is 2.00 bits per heavy atom. The van der Waals surface area contributed by atoms with Crippen molar-refractivity contribution in [3.8, 4) is 16.9 Å². The number of hydrogen-bond acceptors (Lipinski definition) is 5. The van der Waals surface area contributed by atoms with Crippen molar-refractivity contribution < 1.29 is 19.6 Å². The van der Waals surface area contributed by atoms with Crippen LogP contribution in [0.2, 0.25) is 0 Å². The smallest absolute Gasteiger partial charge is 0.407 e. The van der Waals surface area contributed by atoms with Crippen LogP contribution in [0.4, 0.5) is 10.5 Å². The van der Waals surface area contributed by atoms with E-state index in [0.29, 0.717) is 24.5 Å². The number of aromatic nitrogens is 1. The Kier molecular flexibility index (Phi) is 5.46. The molecule has 1 aliphatic rings. The number of ether oxygens (including phenoxy) is 1. The van der Waals surface area contributed by atoms with E-state index < -0.39 is 16.6 Å². The predicted molar refractivity (Wildman–Crippen MR) is 108 cm³/mol. The van der Waals surface area contributed by atoms with Crippen molar-refractivity contribution in [2.24, 2.45) is 5.41 Å². The average Bonchev–Trinajstić information content (AvgIpc) is 3.44. The highest BCUT2D eigenvalue weighted by atomic mass is 16.6. The molecule has 3 rings (SSSR count). The summed E-state index contributed by atoms with van der Waals surface area (Å²) in [4.78, 5) is 27.8. The number of nitro groups is 1. The quantitative estimate of drug-likeness (QED) is 0.539. The van der Waals surface area contributed by atoms with E-state index >= 15 is 0 Å². The third-order valence-electron chi connectivity index (χ3n) is 5.14. The van der Waals surface area contributed by atoms with Crippen LogP contribution >= 0.6 is 0 Å². The maximum absolute atomic E-state index is 11.6. The molecule has 0 atom stereocenters. The van der Waals surface area contributed by atoms with Gasteiger partial charge < -0.3 is 14.7 Å². The maximum Gasteiger partial charge on any atom is 0.407 e. The molecular formula is C21H25N3O5. The first-order chi connectivity index (χ1) is 13.6. The van der Waals surface area contributed by atoms with E-state index in [1.807, 2.05) is 20.8 Å². The Hall–Kier alpha value is -3.16. The lowest BCUT2D eigenvalue weighted by Gasteiger charge is -2.36. The zero-order valence-electron chi connectivity index (χ0n) is 16.8. The van der Waals surface area contributed by atoms with Crippen molar-refractivity contribution in [3.63, 3.8) is 0 Å². The summed E-state index contributed by atoms with van der Waals surface area (Å²) in [6.45, 7) is 6.45. The van der Waals surface area contributed by atoms with Gasteiger partial charge in [0.25, 0.3) is 5.69 Å². The second kappa shape index (κ2) is 7.69.